The van der Waals surface area contributed by atoms with Crippen LogP contribution in [-0.2, 0) is 16.2 Å². The van der Waals surface area contributed by atoms with Gasteiger partial charge in [-0.15, -0.1) is 0 Å². The fourth-order valence-electron chi connectivity index (χ4n) is 1.94. The van der Waals surface area contributed by atoms with Crippen LogP contribution in [0.3, 0.4) is 0 Å². The first-order chi connectivity index (χ1) is 11.8. The normalized spacial score (nSPS) is 12.0. The molecule has 0 aliphatic carbocycles. The topological polar surface area (TPSA) is 107 Å². The first-order valence-electron chi connectivity index (χ1n) is 7.93. The molecule has 9 heteroatoms. The first kappa shape index (κ1) is 18.7. The zero-order valence-corrected chi connectivity index (χ0v) is 14.8. The van der Waals surface area contributed by atoms with Gasteiger partial charge in [-0.05, 0) is 32.9 Å². The van der Waals surface area contributed by atoms with Gasteiger partial charge < -0.3 is 20.0 Å². The third kappa shape index (κ3) is 5.15. The Kier molecular flexibility index (Phi) is 5.92. The van der Waals surface area contributed by atoms with Gasteiger partial charge in [0.15, 0.2) is 0 Å². The van der Waals surface area contributed by atoms with Gasteiger partial charge in [0, 0.05) is 0 Å². The van der Waals surface area contributed by atoms with E-state index in [-0.39, 0.29) is 23.5 Å². The SMILES string of the molecule is CCc1n[n+]([O-])c2cc(OCCN=COOC(C)(C)C)ccc2[n+]1[O-]. The molecule has 25 heavy (non-hydrogen) atoms. The second-order valence-electron chi connectivity index (χ2n) is 6.24. The van der Waals surface area contributed by atoms with E-state index in [2.05, 4.69) is 10.1 Å². The minimum atomic E-state index is -0.411. The van der Waals surface area contributed by atoms with Crippen molar-refractivity contribution in [2.45, 2.75) is 39.7 Å². The summed E-state index contributed by atoms with van der Waals surface area (Å²) in [5.41, 5.74) is -0.0131. The summed E-state index contributed by atoms with van der Waals surface area (Å²) < 4.78 is 6.17. The Hall–Kier alpha value is -2.68. The number of hydrogen-bond acceptors (Lipinski definition) is 7. The van der Waals surface area contributed by atoms with Crippen LogP contribution >= 0.6 is 0 Å². The molecule has 1 aromatic carbocycles. The van der Waals surface area contributed by atoms with Crippen LogP contribution in [0.5, 0.6) is 5.75 Å². The van der Waals surface area contributed by atoms with Crippen molar-refractivity contribution in [3.05, 3.63) is 34.4 Å². The van der Waals surface area contributed by atoms with Crippen molar-refractivity contribution in [1.29, 1.82) is 0 Å². The molecule has 0 atom stereocenters. The summed E-state index contributed by atoms with van der Waals surface area (Å²) in [5.74, 6) is 0.619. The molecule has 2 aromatic rings. The van der Waals surface area contributed by atoms with Crippen molar-refractivity contribution in [1.82, 2.24) is 5.10 Å². The highest BCUT2D eigenvalue weighted by Gasteiger charge is 2.20. The molecule has 0 radical (unpaired) electrons. The fraction of sp³-hybridized carbons (Fsp3) is 0.500. The van der Waals surface area contributed by atoms with E-state index >= 15 is 0 Å². The molecule has 0 N–H and O–H groups in total. The number of fused-ring (bicyclic) bond motifs is 1. The molecule has 0 aliphatic heterocycles. The third-order valence-corrected chi connectivity index (χ3v) is 3.03. The Morgan fingerprint density at radius 2 is 2.00 bits per heavy atom. The molecule has 2 rings (SSSR count). The molecule has 0 spiro atoms. The summed E-state index contributed by atoms with van der Waals surface area (Å²) in [5, 5.41) is 27.7. The fourth-order valence-corrected chi connectivity index (χ4v) is 1.94. The number of aromatic nitrogens is 3. The Balaban J connectivity index is 1.94. The Morgan fingerprint density at radius 1 is 1.24 bits per heavy atom. The van der Waals surface area contributed by atoms with Crippen LogP contribution < -0.4 is 14.3 Å². The molecule has 0 aliphatic rings. The van der Waals surface area contributed by atoms with Crippen LogP contribution in [0.15, 0.2) is 23.2 Å². The molecule has 136 valence electrons. The molecule has 0 amide bonds. The summed E-state index contributed by atoms with van der Waals surface area (Å²) in [6.07, 6.45) is 1.58. The van der Waals surface area contributed by atoms with Gasteiger partial charge in [-0.3, -0.25) is 4.99 Å². The number of aliphatic imine (C=N–C) groups is 1. The maximum atomic E-state index is 12.1. The van der Waals surface area contributed by atoms with E-state index in [1.807, 2.05) is 20.8 Å². The van der Waals surface area contributed by atoms with Crippen LogP contribution in [0.2, 0.25) is 0 Å². The lowest BCUT2D eigenvalue weighted by Crippen LogP contribution is -2.45. The molecular weight excluding hydrogens is 328 g/mol. The van der Waals surface area contributed by atoms with Gasteiger partial charge in [0.2, 0.25) is 17.0 Å². The maximum absolute atomic E-state index is 12.1. The molecule has 1 aromatic heterocycles. The minimum Gasteiger partial charge on any atom is -0.710 e. The zero-order valence-electron chi connectivity index (χ0n) is 14.8. The van der Waals surface area contributed by atoms with Crippen LogP contribution in [0.4, 0.5) is 0 Å². The molecule has 0 saturated heterocycles. The summed E-state index contributed by atoms with van der Waals surface area (Å²) in [6.45, 7) is 7.95. The van der Waals surface area contributed by atoms with E-state index in [0.29, 0.717) is 28.3 Å². The molecule has 1 heterocycles. The Bertz CT molecular complexity index is 758. The lowest BCUT2D eigenvalue weighted by Gasteiger charge is -2.15. The van der Waals surface area contributed by atoms with Gasteiger partial charge in [0.1, 0.15) is 18.0 Å². The van der Waals surface area contributed by atoms with E-state index in [1.165, 1.54) is 18.5 Å². The number of rotatable bonds is 7. The summed E-state index contributed by atoms with van der Waals surface area (Å²) in [6, 6.07) is 4.64. The lowest BCUT2D eigenvalue weighted by molar-refractivity contribution is -0.685. The lowest BCUT2D eigenvalue weighted by atomic mass is 10.2. The van der Waals surface area contributed by atoms with E-state index in [9.17, 15) is 10.4 Å². The summed E-state index contributed by atoms with van der Waals surface area (Å²) in [7, 11) is 0. The molecule has 0 bridgehead atoms. The zero-order chi connectivity index (χ0) is 18.4. The van der Waals surface area contributed by atoms with Gasteiger partial charge in [-0.2, -0.15) is 4.89 Å². The van der Waals surface area contributed by atoms with Gasteiger partial charge in [-0.25, -0.2) is 4.73 Å². The minimum absolute atomic E-state index is 0.148. The van der Waals surface area contributed by atoms with E-state index < -0.39 is 5.60 Å². The second-order valence-corrected chi connectivity index (χ2v) is 6.24. The van der Waals surface area contributed by atoms with Gasteiger partial charge in [0.25, 0.3) is 0 Å². The van der Waals surface area contributed by atoms with Gasteiger partial charge in [-0.1, -0.05) is 6.92 Å². The molecule has 0 fully saturated rings. The van der Waals surface area contributed by atoms with Crippen molar-refractivity contribution < 1.29 is 24.1 Å². The van der Waals surface area contributed by atoms with Gasteiger partial charge >= 0.3 is 11.3 Å². The van der Waals surface area contributed by atoms with Crippen LogP contribution in [0.1, 0.15) is 33.5 Å². The standard InChI is InChI=1S/C16H22N4O5/c1-5-15-18-20(22)14-10-12(6-7-13(14)19(15)21)23-9-8-17-11-24-25-16(2,3)4/h6-7,10-11H,5,8-9H2,1-4H3. The first-order valence-corrected chi connectivity index (χ1v) is 7.93. The van der Waals surface area contributed by atoms with E-state index in [0.717, 1.165) is 0 Å². The average Bonchev–Trinajstić information content (AvgIpc) is 2.56. The van der Waals surface area contributed by atoms with Crippen LogP contribution in [0.25, 0.3) is 11.0 Å². The monoisotopic (exact) mass is 350 g/mol. The number of hydrogen-bond donors (Lipinski definition) is 0. The smallest absolute Gasteiger partial charge is 0.376 e. The predicted octanol–water partition coefficient (Wildman–Crippen LogP) is 1.22. The summed E-state index contributed by atoms with van der Waals surface area (Å²) in [4.78, 5) is 14.3. The number of benzene rings is 1. The number of aryl methyl sites for hydroxylation is 1. The average molecular weight is 350 g/mol. The quantitative estimate of drug-likeness (QED) is 0.141. The van der Waals surface area contributed by atoms with E-state index in [1.54, 1.807) is 13.0 Å². The molecule has 0 saturated carbocycles. The van der Waals surface area contributed by atoms with Crippen LogP contribution in [0, 0.1) is 10.4 Å². The molecular formula is C16H22N4O5. The Labute approximate surface area is 145 Å². The van der Waals surface area contributed by atoms with E-state index in [4.69, 9.17) is 14.5 Å². The number of nitrogens with zero attached hydrogens (tertiary/aromatic N) is 4. The largest absolute Gasteiger partial charge is 0.710 e. The maximum Gasteiger partial charge on any atom is 0.376 e. The van der Waals surface area contributed by atoms with Crippen molar-refractivity contribution in [2.24, 2.45) is 4.99 Å². The van der Waals surface area contributed by atoms with Crippen molar-refractivity contribution in [3.8, 4) is 5.75 Å². The van der Waals surface area contributed by atoms with Crippen molar-refractivity contribution in [3.63, 3.8) is 0 Å². The van der Waals surface area contributed by atoms with Crippen molar-refractivity contribution >= 4 is 17.4 Å². The third-order valence-electron chi connectivity index (χ3n) is 3.03. The Morgan fingerprint density at radius 3 is 2.68 bits per heavy atom. The summed E-state index contributed by atoms with van der Waals surface area (Å²) >= 11 is 0. The van der Waals surface area contributed by atoms with Crippen LogP contribution in [-0.4, -0.2) is 30.3 Å². The number of ether oxygens (including phenoxy) is 1. The highest BCUT2D eigenvalue weighted by Crippen LogP contribution is 2.15. The second kappa shape index (κ2) is 7.93. The van der Waals surface area contributed by atoms with Crippen molar-refractivity contribution in [2.75, 3.05) is 13.2 Å². The molecule has 0 unspecified atom stereocenters. The van der Waals surface area contributed by atoms with Gasteiger partial charge in [0.05, 0.1) is 23.9 Å². The molecule has 9 nitrogen and oxygen atoms in total. The highest BCUT2D eigenvalue weighted by molar-refractivity contribution is 5.69. The highest BCUT2D eigenvalue weighted by atomic mass is 17.2. The predicted molar refractivity (Wildman–Crippen MR) is 89.8 cm³/mol.